The average molecular weight is 345 g/mol. The van der Waals surface area contributed by atoms with Gasteiger partial charge in [-0.25, -0.2) is 0 Å². The number of nitrogens with zero attached hydrogens (tertiary/aromatic N) is 1. The molecule has 0 radical (unpaired) electrons. The molecule has 124 valence electrons. The largest absolute Gasteiger partial charge is 0.504 e. The first-order valence-electron chi connectivity index (χ1n) is 7.71. The van der Waals surface area contributed by atoms with Crippen LogP contribution in [0.3, 0.4) is 0 Å². The monoisotopic (exact) mass is 344 g/mol. The molecule has 5 nitrogen and oxygen atoms in total. The Labute approximate surface area is 144 Å². The molecule has 24 heavy (non-hydrogen) atoms. The number of phenols is 1. The van der Waals surface area contributed by atoms with Gasteiger partial charge in [0.15, 0.2) is 5.75 Å². The molecule has 0 aliphatic carbocycles. The maximum Gasteiger partial charge on any atom is 0.228 e. The highest BCUT2D eigenvalue weighted by molar-refractivity contribution is 6.32. The minimum absolute atomic E-state index is 0.136. The van der Waals surface area contributed by atoms with Gasteiger partial charge in [-0.1, -0.05) is 29.8 Å². The molecule has 0 spiro atoms. The van der Waals surface area contributed by atoms with Gasteiger partial charge in [-0.05, 0) is 36.2 Å². The molecule has 0 unspecified atom stereocenters. The molecule has 0 aromatic heterocycles. The van der Waals surface area contributed by atoms with Gasteiger partial charge in [0, 0.05) is 18.7 Å². The summed E-state index contributed by atoms with van der Waals surface area (Å²) in [4.78, 5) is 25.6. The van der Waals surface area contributed by atoms with Gasteiger partial charge in [0.25, 0.3) is 0 Å². The zero-order chi connectivity index (χ0) is 17.1. The first-order valence-corrected chi connectivity index (χ1v) is 8.09. The van der Waals surface area contributed by atoms with Crippen LogP contribution in [0.25, 0.3) is 0 Å². The summed E-state index contributed by atoms with van der Waals surface area (Å²) in [5.41, 5.74) is 1.96. The lowest BCUT2D eigenvalue weighted by Gasteiger charge is -2.16. The van der Waals surface area contributed by atoms with Crippen LogP contribution in [0, 0.1) is 0 Å². The van der Waals surface area contributed by atoms with E-state index in [-0.39, 0.29) is 34.7 Å². The highest BCUT2D eigenvalue weighted by Crippen LogP contribution is 2.31. The van der Waals surface area contributed by atoms with Crippen molar-refractivity contribution in [2.75, 3.05) is 16.8 Å². The molecule has 2 N–H and O–H groups in total. The van der Waals surface area contributed by atoms with E-state index < -0.39 is 0 Å². The maximum atomic E-state index is 12.1. The fourth-order valence-electron chi connectivity index (χ4n) is 2.71. The Kier molecular flexibility index (Phi) is 4.71. The van der Waals surface area contributed by atoms with Crippen molar-refractivity contribution in [3.8, 4) is 5.75 Å². The third-order valence-electron chi connectivity index (χ3n) is 3.95. The van der Waals surface area contributed by atoms with Crippen molar-refractivity contribution in [2.45, 2.75) is 19.3 Å². The van der Waals surface area contributed by atoms with E-state index in [9.17, 15) is 14.7 Å². The number of hydrogen-bond acceptors (Lipinski definition) is 3. The van der Waals surface area contributed by atoms with E-state index in [1.54, 1.807) is 23.1 Å². The van der Waals surface area contributed by atoms with Crippen molar-refractivity contribution in [2.24, 2.45) is 0 Å². The fourth-order valence-corrected chi connectivity index (χ4v) is 2.89. The van der Waals surface area contributed by atoms with E-state index in [4.69, 9.17) is 11.6 Å². The molecule has 0 saturated carbocycles. The molecule has 0 atom stereocenters. The Bertz CT molecular complexity index is 774. The van der Waals surface area contributed by atoms with Crippen molar-refractivity contribution < 1.29 is 14.7 Å². The van der Waals surface area contributed by atoms with Crippen LogP contribution >= 0.6 is 11.6 Å². The van der Waals surface area contributed by atoms with Gasteiger partial charge in [0.1, 0.15) is 0 Å². The smallest absolute Gasteiger partial charge is 0.228 e. The van der Waals surface area contributed by atoms with Crippen LogP contribution in [0.1, 0.15) is 18.4 Å². The van der Waals surface area contributed by atoms with Gasteiger partial charge in [-0.2, -0.15) is 0 Å². The summed E-state index contributed by atoms with van der Waals surface area (Å²) in [5.74, 6) is -0.259. The van der Waals surface area contributed by atoms with Gasteiger partial charge in [-0.3, -0.25) is 9.59 Å². The maximum absolute atomic E-state index is 12.1. The van der Waals surface area contributed by atoms with Crippen molar-refractivity contribution in [1.29, 1.82) is 0 Å². The fraction of sp³-hybridized carbons (Fsp3) is 0.222. The SMILES string of the molecule is O=C(Cc1ccc(N2CCCC2=O)cc1)Nc1cccc(Cl)c1O. The van der Waals surface area contributed by atoms with Crippen LogP contribution in [0.15, 0.2) is 42.5 Å². The number of rotatable bonds is 4. The Morgan fingerprint density at radius 2 is 1.96 bits per heavy atom. The highest BCUT2D eigenvalue weighted by atomic mass is 35.5. The van der Waals surface area contributed by atoms with Gasteiger partial charge < -0.3 is 15.3 Å². The van der Waals surface area contributed by atoms with Crippen molar-refractivity contribution >= 4 is 34.8 Å². The van der Waals surface area contributed by atoms with Crippen LogP contribution < -0.4 is 10.2 Å². The van der Waals surface area contributed by atoms with E-state index in [2.05, 4.69) is 5.32 Å². The number of carbonyl (C=O) groups excluding carboxylic acids is 2. The van der Waals surface area contributed by atoms with Crippen LogP contribution in [0.2, 0.25) is 5.02 Å². The predicted octanol–water partition coefficient (Wildman–Crippen LogP) is 3.35. The molecule has 2 amide bonds. The second-order valence-corrected chi connectivity index (χ2v) is 6.08. The van der Waals surface area contributed by atoms with Crippen molar-refractivity contribution in [1.82, 2.24) is 0 Å². The zero-order valence-corrected chi connectivity index (χ0v) is 13.7. The lowest BCUT2D eigenvalue weighted by Crippen LogP contribution is -2.23. The Balaban J connectivity index is 1.64. The minimum Gasteiger partial charge on any atom is -0.504 e. The summed E-state index contributed by atoms with van der Waals surface area (Å²) in [6.07, 6.45) is 1.64. The van der Waals surface area contributed by atoms with E-state index >= 15 is 0 Å². The Morgan fingerprint density at radius 3 is 2.62 bits per heavy atom. The summed E-state index contributed by atoms with van der Waals surface area (Å²) in [6, 6.07) is 12.1. The van der Waals surface area contributed by atoms with Crippen molar-refractivity contribution in [3.63, 3.8) is 0 Å². The number of benzene rings is 2. The van der Waals surface area contributed by atoms with Gasteiger partial charge >= 0.3 is 0 Å². The number of para-hydroxylation sites is 1. The Morgan fingerprint density at radius 1 is 1.21 bits per heavy atom. The highest BCUT2D eigenvalue weighted by Gasteiger charge is 2.21. The molecule has 2 aromatic carbocycles. The number of amides is 2. The molecule has 2 aromatic rings. The summed E-state index contributed by atoms with van der Waals surface area (Å²) >= 11 is 5.82. The number of hydrogen-bond donors (Lipinski definition) is 2. The number of phenolic OH excluding ortho intramolecular Hbond substituents is 1. The van der Waals surface area contributed by atoms with Crippen LogP contribution in [0.4, 0.5) is 11.4 Å². The summed E-state index contributed by atoms with van der Waals surface area (Å²) in [6.45, 7) is 0.743. The molecule has 3 rings (SSSR count). The van der Waals surface area contributed by atoms with Gasteiger partial charge in [-0.15, -0.1) is 0 Å². The van der Waals surface area contributed by atoms with Crippen LogP contribution in [0.5, 0.6) is 5.75 Å². The molecule has 1 heterocycles. The third-order valence-corrected chi connectivity index (χ3v) is 4.25. The molecule has 1 saturated heterocycles. The molecule has 0 bridgehead atoms. The van der Waals surface area contributed by atoms with E-state index in [1.807, 2.05) is 24.3 Å². The molecule has 1 fully saturated rings. The van der Waals surface area contributed by atoms with Crippen LogP contribution in [-0.2, 0) is 16.0 Å². The molecule has 1 aliphatic heterocycles. The number of anilines is 2. The van der Waals surface area contributed by atoms with E-state index in [0.717, 1.165) is 24.2 Å². The predicted molar refractivity (Wildman–Crippen MR) is 93.5 cm³/mol. The van der Waals surface area contributed by atoms with Gasteiger partial charge in [0.2, 0.25) is 11.8 Å². The average Bonchev–Trinajstić information content (AvgIpc) is 2.99. The zero-order valence-electron chi connectivity index (χ0n) is 13.0. The van der Waals surface area contributed by atoms with E-state index in [0.29, 0.717) is 6.42 Å². The molecular formula is C18H17ClN2O3. The van der Waals surface area contributed by atoms with E-state index in [1.165, 1.54) is 0 Å². The molecule has 6 heteroatoms. The quantitative estimate of drug-likeness (QED) is 0.836. The lowest BCUT2D eigenvalue weighted by atomic mass is 10.1. The second kappa shape index (κ2) is 6.93. The minimum atomic E-state index is -0.252. The lowest BCUT2D eigenvalue weighted by molar-refractivity contribution is -0.117. The van der Waals surface area contributed by atoms with Crippen molar-refractivity contribution in [3.05, 3.63) is 53.1 Å². The van der Waals surface area contributed by atoms with Crippen LogP contribution in [-0.4, -0.2) is 23.5 Å². The number of halogens is 1. The number of nitrogens with one attached hydrogen (secondary N) is 1. The molecular weight excluding hydrogens is 328 g/mol. The second-order valence-electron chi connectivity index (χ2n) is 5.68. The summed E-state index contributed by atoms with van der Waals surface area (Å²) in [5, 5.41) is 12.6. The van der Waals surface area contributed by atoms with Gasteiger partial charge in [0.05, 0.1) is 17.1 Å². The topological polar surface area (TPSA) is 69.6 Å². The number of aromatic hydroxyl groups is 1. The molecule has 1 aliphatic rings. The first-order chi connectivity index (χ1) is 11.5. The summed E-state index contributed by atoms with van der Waals surface area (Å²) in [7, 11) is 0. The third kappa shape index (κ3) is 3.51. The standard InChI is InChI=1S/C18H17ClN2O3/c19-14-3-1-4-15(18(14)24)20-16(22)11-12-6-8-13(9-7-12)21-10-2-5-17(21)23/h1,3-4,6-9,24H,2,5,10-11H2,(H,20,22). The normalized spacial score (nSPS) is 14.0. The number of carbonyl (C=O) groups is 2. The Hall–Kier alpha value is -2.53. The summed E-state index contributed by atoms with van der Waals surface area (Å²) < 4.78 is 0. The first kappa shape index (κ1) is 16.3.